The van der Waals surface area contributed by atoms with Gasteiger partial charge in [-0.1, -0.05) is 25.1 Å². The van der Waals surface area contributed by atoms with Crippen LogP contribution in [0.1, 0.15) is 30.6 Å². The highest BCUT2D eigenvalue weighted by Crippen LogP contribution is 2.22. The molecule has 0 spiro atoms. The zero-order valence-corrected chi connectivity index (χ0v) is 11.9. The van der Waals surface area contributed by atoms with E-state index in [9.17, 15) is 14.4 Å². The maximum atomic E-state index is 12.2. The third kappa shape index (κ3) is 2.94. The second-order valence-corrected chi connectivity index (χ2v) is 4.37. The van der Waals surface area contributed by atoms with Gasteiger partial charge in [-0.3, -0.25) is 9.59 Å². The molecule has 0 bridgehead atoms. The van der Waals surface area contributed by atoms with Crippen molar-refractivity contribution in [3.63, 3.8) is 0 Å². The number of hydrogen-bond acceptors (Lipinski definition) is 4. The number of amides is 1. The number of benzene rings is 1. The summed E-state index contributed by atoms with van der Waals surface area (Å²) in [6.45, 7) is 3.52. The molecule has 6 nitrogen and oxygen atoms in total. The summed E-state index contributed by atoms with van der Waals surface area (Å²) in [7, 11) is 0. The lowest BCUT2D eigenvalue weighted by Crippen LogP contribution is -2.23. The molecule has 6 heteroatoms. The summed E-state index contributed by atoms with van der Waals surface area (Å²) in [5.41, 5.74) is -0.00407. The van der Waals surface area contributed by atoms with Gasteiger partial charge in [0.25, 0.3) is 5.56 Å². The Hall–Kier alpha value is -2.63. The van der Waals surface area contributed by atoms with Crippen molar-refractivity contribution in [3.8, 4) is 0 Å². The average molecular weight is 288 g/mol. The van der Waals surface area contributed by atoms with Gasteiger partial charge in [0.1, 0.15) is 5.69 Å². The third-order valence-corrected chi connectivity index (χ3v) is 2.99. The van der Waals surface area contributed by atoms with E-state index in [4.69, 9.17) is 4.74 Å². The van der Waals surface area contributed by atoms with Crippen LogP contribution in [0.2, 0.25) is 0 Å². The van der Waals surface area contributed by atoms with Crippen molar-refractivity contribution in [3.05, 3.63) is 40.2 Å². The Labute approximate surface area is 121 Å². The molecule has 0 aliphatic rings. The van der Waals surface area contributed by atoms with Gasteiger partial charge in [0, 0.05) is 17.3 Å². The second-order valence-electron chi connectivity index (χ2n) is 4.37. The highest BCUT2D eigenvalue weighted by molar-refractivity contribution is 6.10. The number of rotatable bonds is 4. The molecule has 1 aromatic carbocycles. The first-order chi connectivity index (χ1) is 10.1. The molecule has 1 aromatic heterocycles. The molecule has 0 aliphatic carbocycles. The van der Waals surface area contributed by atoms with E-state index in [2.05, 4.69) is 10.3 Å². The summed E-state index contributed by atoms with van der Waals surface area (Å²) in [5.74, 6) is -0.979. The molecular formula is C15H16N2O4. The van der Waals surface area contributed by atoms with Crippen molar-refractivity contribution in [2.75, 3.05) is 11.9 Å². The van der Waals surface area contributed by atoms with Crippen molar-refractivity contribution in [1.82, 2.24) is 4.98 Å². The number of hydrogen-bond donors (Lipinski definition) is 2. The molecule has 2 aromatic rings. The van der Waals surface area contributed by atoms with E-state index in [0.29, 0.717) is 10.9 Å². The summed E-state index contributed by atoms with van der Waals surface area (Å²) >= 11 is 0. The van der Waals surface area contributed by atoms with Crippen molar-refractivity contribution in [1.29, 1.82) is 0 Å². The van der Waals surface area contributed by atoms with Gasteiger partial charge in [0.2, 0.25) is 5.91 Å². The largest absolute Gasteiger partial charge is 0.462 e. The van der Waals surface area contributed by atoms with E-state index in [0.717, 1.165) is 0 Å². The quantitative estimate of drug-likeness (QED) is 0.843. The van der Waals surface area contributed by atoms with E-state index >= 15 is 0 Å². The van der Waals surface area contributed by atoms with Crippen LogP contribution in [0.15, 0.2) is 29.1 Å². The van der Waals surface area contributed by atoms with E-state index in [1.807, 2.05) is 0 Å². The Morgan fingerprint density at radius 2 is 1.95 bits per heavy atom. The molecule has 1 heterocycles. The van der Waals surface area contributed by atoms with Crippen LogP contribution in [-0.2, 0) is 9.53 Å². The molecular weight excluding hydrogens is 272 g/mol. The van der Waals surface area contributed by atoms with Crippen LogP contribution in [0.5, 0.6) is 0 Å². The van der Waals surface area contributed by atoms with Gasteiger partial charge in [-0.2, -0.15) is 0 Å². The van der Waals surface area contributed by atoms with Gasteiger partial charge in [-0.25, -0.2) is 4.79 Å². The van der Waals surface area contributed by atoms with Crippen LogP contribution in [0.3, 0.4) is 0 Å². The molecule has 0 atom stereocenters. The van der Waals surface area contributed by atoms with Gasteiger partial charge in [-0.15, -0.1) is 0 Å². The number of esters is 1. The number of aromatic amines is 1. The third-order valence-electron chi connectivity index (χ3n) is 2.99. The van der Waals surface area contributed by atoms with Crippen molar-refractivity contribution >= 4 is 28.5 Å². The van der Waals surface area contributed by atoms with Crippen molar-refractivity contribution in [2.45, 2.75) is 20.3 Å². The van der Waals surface area contributed by atoms with Crippen LogP contribution in [-0.4, -0.2) is 23.5 Å². The van der Waals surface area contributed by atoms with Crippen molar-refractivity contribution in [2.24, 2.45) is 0 Å². The molecule has 0 unspecified atom stereocenters. The number of fused-ring (bicyclic) bond motifs is 1. The van der Waals surface area contributed by atoms with Crippen LogP contribution < -0.4 is 10.9 Å². The fourth-order valence-electron chi connectivity index (χ4n) is 2.01. The number of H-pyrrole nitrogens is 1. The smallest absolute Gasteiger partial charge is 0.341 e. The molecule has 2 rings (SSSR count). The number of pyridine rings is 1. The first-order valence-corrected chi connectivity index (χ1v) is 6.70. The zero-order valence-electron chi connectivity index (χ0n) is 11.9. The summed E-state index contributed by atoms with van der Waals surface area (Å²) in [6.07, 6.45) is 0.203. The Morgan fingerprint density at radius 1 is 1.24 bits per heavy atom. The fourth-order valence-corrected chi connectivity index (χ4v) is 2.01. The minimum atomic E-state index is -0.633. The highest BCUT2D eigenvalue weighted by atomic mass is 16.5. The molecule has 0 radical (unpaired) electrons. The molecule has 1 amide bonds. The van der Waals surface area contributed by atoms with Gasteiger partial charge in [-0.05, 0) is 13.0 Å². The second kappa shape index (κ2) is 6.21. The lowest BCUT2D eigenvalue weighted by atomic mass is 10.1. The topological polar surface area (TPSA) is 88.3 Å². The van der Waals surface area contributed by atoms with Gasteiger partial charge in [0.05, 0.1) is 12.2 Å². The van der Waals surface area contributed by atoms with Crippen LogP contribution >= 0.6 is 0 Å². The summed E-state index contributed by atoms with van der Waals surface area (Å²) in [4.78, 5) is 38.5. The van der Waals surface area contributed by atoms with E-state index in [1.54, 1.807) is 38.1 Å². The Bertz CT molecular complexity index is 749. The molecule has 2 N–H and O–H groups in total. The number of ether oxygens (including phenoxy) is 1. The summed E-state index contributed by atoms with van der Waals surface area (Å²) in [5, 5.41) is 3.01. The van der Waals surface area contributed by atoms with Crippen LogP contribution in [0.4, 0.5) is 5.69 Å². The molecule has 21 heavy (non-hydrogen) atoms. The van der Waals surface area contributed by atoms with Crippen LogP contribution in [0, 0.1) is 0 Å². The predicted molar refractivity (Wildman–Crippen MR) is 79.4 cm³/mol. The normalized spacial score (nSPS) is 10.4. The Kier molecular flexibility index (Phi) is 4.37. The lowest BCUT2D eigenvalue weighted by Gasteiger charge is -2.12. The fraction of sp³-hybridized carbons (Fsp3) is 0.267. The number of nitrogens with one attached hydrogen (secondary N) is 2. The number of anilines is 1. The first kappa shape index (κ1) is 14.8. The summed E-state index contributed by atoms with van der Waals surface area (Å²) in [6, 6.07) is 6.87. The summed E-state index contributed by atoms with van der Waals surface area (Å²) < 4.78 is 5.00. The number of para-hydroxylation sites is 1. The molecule has 0 fully saturated rings. The van der Waals surface area contributed by atoms with E-state index in [-0.39, 0.29) is 30.2 Å². The maximum Gasteiger partial charge on any atom is 0.341 e. The molecule has 110 valence electrons. The average Bonchev–Trinajstić information content (AvgIpc) is 2.47. The van der Waals surface area contributed by atoms with Crippen LogP contribution in [0.25, 0.3) is 10.9 Å². The minimum Gasteiger partial charge on any atom is -0.462 e. The number of carbonyl (C=O) groups excluding carboxylic acids is 2. The Morgan fingerprint density at radius 3 is 2.62 bits per heavy atom. The standard InChI is InChI=1S/C15H16N2O4/c1-3-11(18)17-13-12(15(20)21-4-2)9-7-5-6-8-10(9)16-14(13)19/h5-8H,3-4H2,1-2H3,(H,16,19)(H,17,18). The maximum absolute atomic E-state index is 12.2. The predicted octanol–water partition coefficient (Wildman–Crippen LogP) is 2.05. The minimum absolute atomic E-state index is 0.0704. The highest BCUT2D eigenvalue weighted by Gasteiger charge is 2.21. The Balaban J connectivity index is 2.72. The number of aromatic nitrogens is 1. The molecule has 0 aliphatic heterocycles. The van der Waals surface area contributed by atoms with Gasteiger partial charge in [0.15, 0.2) is 0 Å². The monoisotopic (exact) mass is 288 g/mol. The lowest BCUT2D eigenvalue weighted by molar-refractivity contribution is -0.115. The SMILES string of the molecule is CCOC(=O)c1c(NC(=O)CC)c(=O)[nH]c2ccccc12. The van der Waals surface area contributed by atoms with E-state index < -0.39 is 11.5 Å². The van der Waals surface area contributed by atoms with Gasteiger partial charge < -0.3 is 15.0 Å². The first-order valence-electron chi connectivity index (χ1n) is 6.70. The van der Waals surface area contributed by atoms with Crippen molar-refractivity contribution < 1.29 is 14.3 Å². The van der Waals surface area contributed by atoms with Gasteiger partial charge >= 0.3 is 5.97 Å². The molecule has 0 saturated carbocycles. The number of carbonyl (C=O) groups is 2. The van der Waals surface area contributed by atoms with E-state index in [1.165, 1.54) is 0 Å². The zero-order chi connectivity index (χ0) is 15.4. The molecule has 0 saturated heterocycles.